The third kappa shape index (κ3) is 1.88. The number of aryl methyl sites for hydroxylation is 1. The van der Waals surface area contributed by atoms with Gasteiger partial charge in [0.25, 0.3) is 0 Å². The lowest BCUT2D eigenvalue weighted by atomic mass is 10.0. The molecule has 1 amide bonds. The maximum atomic E-state index is 12.2. The zero-order valence-electron chi connectivity index (χ0n) is 11.1. The van der Waals surface area contributed by atoms with Gasteiger partial charge in [-0.1, -0.05) is 34.6 Å². The maximum Gasteiger partial charge on any atom is 0.230 e. The SMILES string of the molecule is CCc1cnc(NC(=O)C2C(C)(C)C2(C)C)s1. The number of hydrogen-bond donors (Lipinski definition) is 1. The molecule has 0 atom stereocenters. The largest absolute Gasteiger partial charge is 0.302 e. The Morgan fingerprint density at radius 3 is 2.41 bits per heavy atom. The van der Waals surface area contributed by atoms with Crippen LogP contribution in [0.15, 0.2) is 6.20 Å². The van der Waals surface area contributed by atoms with Gasteiger partial charge in [-0.05, 0) is 17.3 Å². The number of nitrogens with zero attached hydrogens (tertiary/aromatic N) is 1. The third-order valence-corrected chi connectivity index (χ3v) is 5.47. The molecular weight excluding hydrogens is 232 g/mol. The van der Waals surface area contributed by atoms with Crippen LogP contribution in [-0.2, 0) is 11.2 Å². The summed E-state index contributed by atoms with van der Waals surface area (Å²) in [6, 6.07) is 0. The van der Waals surface area contributed by atoms with Crippen molar-refractivity contribution in [1.82, 2.24) is 4.98 Å². The predicted octanol–water partition coefficient (Wildman–Crippen LogP) is 3.33. The molecule has 1 aliphatic carbocycles. The van der Waals surface area contributed by atoms with Crippen LogP contribution in [0.1, 0.15) is 39.5 Å². The minimum absolute atomic E-state index is 0.0852. The average molecular weight is 252 g/mol. The van der Waals surface area contributed by atoms with Crippen molar-refractivity contribution in [3.8, 4) is 0 Å². The summed E-state index contributed by atoms with van der Waals surface area (Å²) < 4.78 is 0. The topological polar surface area (TPSA) is 42.0 Å². The Bertz CT molecular complexity index is 434. The van der Waals surface area contributed by atoms with Crippen LogP contribution in [0.4, 0.5) is 5.13 Å². The summed E-state index contributed by atoms with van der Waals surface area (Å²) in [7, 11) is 0. The highest BCUT2D eigenvalue weighted by atomic mass is 32.1. The fourth-order valence-corrected chi connectivity index (χ4v) is 3.31. The van der Waals surface area contributed by atoms with E-state index in [2.05, 4.69) is 44.9 Å². The van der Waals surface area contributed by atoms with Crippen LogP contribution >= 0.6 is 11.3 Å². The van der Waals surface area contributed by atoms with E-state index in [-0.39, 0.29) is 22.7 Å². The number of anilines is 1. The van der Waals surface area contributed by atoms with Gasteiger partial charge in [0, 0.05) is 17.0 Å². The van der Waals surface area contributed by atoms with Crippen molar-refractivity contribution in [2.24, 2.45) is 16.7 Å². The maximum absolute atomic E-state index is 12.2. The van der Waals surface area contributed by atoms with Crippen molar-refractivity contribution in [3.63, 3.8) is 0 Å². The highest BCUT2D eigenvalue weighted by molar-refractivity contribution is 7.15. The van der Waals surface area contributed by atoms with Crippen molar-refractivity contribution < 1.29 is 4.79 Å². The van der Waals surface area contributed by atoms with Crippen LogP contribution in [-0.4, -0.2) is 10.9 Å². The summed E-state index contributed by atoms with van der Waals surface area (Å²) in [5.74, 6) is 0.195. The number of nitrogens with one attached hydrogen (secondary N) is 1. The lowest BCUT2D eigenvalue weighted by Crippen LogP contribution is -2.17. The van der Waals surface area contributed by atoms with Crippen molar-refractivity contribution in [2.45, 2.75) is 41.0 Å². The van der Waals surface area contributed by atoms with Gasteiger partial charge in [-0.15, -0.1) is 11.3 Å². The van der Waals surface area contributed by atoms with E-state index in [0.29, 0.717) is 0 Å². The summed E-state index contributed by atoms with van der Waals surface area (Å²) >= 11 is 1.56. The van der Waals surface area contributed by atoms with Crippen LogP contribution in [0.2, 0.25) is 0 Å². The van der Waals surface area contributed by atoms with Gasteiger partial charge >= 0.3 is 0 Å². The number of carbonyl (C=O) groups is 1. The van der Waals surface area contributed by atoms with Crippen LogP contribution in [0.25, 0.3) is 0 Å². The molecule has 0 aromatic carbocycles. The molecule has 1 N–H and O–H groups in total. The second-order valence-electron chi connectivity index (χ2n) is 5.85. The van der Waals surface area contributed by atoms with Crippen molar-refractivity contribution in [3.05, 3.63) is 11.1 Å². The van der Waals surface area contributed by atoms with Crippen molar-refractivity contribution in [1.29, 1.82) is 0 Å². The molecule has 0 spiro atoms. The van der Waals surface area contributed by atoms with Gasteiger partial charge < -0.3 is 5.32 Å². The smallest absolute Gasteiger partial charge is 0.230 e. The van der Waals surface area contributed by atoms with Gasteiger partial charge in [0.2, 0.25) is 5.91 Å². The van der Waals surface area contributed by atoms with Crippen LogP contribution in [0.5, 0.6) is 0 Å². The van der Waals surface area contributed by atoms with Gasteiger partial charge in [-0.3, -0.25) is 4.79 Å². The Morgan fingerprint density at radius 1 is 1.41 bits per heavy atom. The minimum Gasteiger partial charge on any atom is -0.302 e. The molecule has 0 aliphatic heterocycles. The standard InChI is InChI=1S/C13H20N2OS/c1-6-8-7-14-11(17-8)15-10(16)9-12(2,3)13(9,4)5/h7,9H,6H2,1-5H3,(H,14,15,16). The first kappa shape index (κ1) is 12.6. The quantitative estimate of drug-likeness (QED) is 0.896. The Morgan fingerprint density at radius 2 is 2.00 bits per heavy atom. The van der Waals surface area contributed by atoms with E-state index in [4.69, 9.17) is 0 Å². The zero-order valence-corrected chi connectivity index (χ0v) is 11.9. The van der Waals surface area contributed by atoms with E-state index in [0.717, 1.165) is 11.6 Å². The number of carbonyl (C=O) groups excluding carboxylic acids is 1. The van der Waals surface area contributed by atoms with E-state index >= 15 is 0 Å². The molecule has 1 heterocycles. The zero-order chi connectivity index (χ0) is 12.8. The molecule has 1 fully saturated rings. The molecule has 0 saturated heterocycles. The summed E-state index contributed by atoms with van der Waals surface area (Å²) in [5, 5.41) is 3.67. The molecule has 4 heteroatoms. The first-order valence-corrected chi connectivity index (χ1v) is 6.88. The first-order valence-electron chi connectivity index (χ1n) is 6.06. The fourth-order valence-electron chi connectivity index (χ4n) is 2.56. The summed E-state index contributed by atoms with van der Waals surface area (Å²) in [6.07, 6.45) is 2.80. The van der Waals surface area contributed by atoms with Crippen LogP contribution in [0.3, 0.4) is 0 Å². The Balaban J connectivity index is 2.04. The molecule has 1 aromatic heterocycles. The van der Waals surface area contributed by atoms with Gasteiger partial charge in [0.05, 0.1) is 0 Å². The second kappa shape index (κ2) is 3.80. The normalized spacial score (nSPS) is 21.2. The summed E-state index contributed by atoms with van der Waals surface area (Å²) in [5.41, 5.74) is 0.170. The molecule has 1 aromatic rings. The molecule has 94 valence electrons. The molecule has 2 rings (SSSR count). The number of thiazole rings is 1. The lowest BCUT2D eigenvalue weighted by molar-refractivity contribution is -0.118. The summed E-state index contributed by atoms with van der Waals surface area (Å²) in [6.45, 7) is 10.7. The van der Waals surface area contributed by atoms with E-state index in [1.807, 2.05) is 6.20 Å². The highest BCUT2D eigenvalue weighted by Gasteiger charge is 2.68. The van der Waals surface area contributed by atoms with Gasteiger partial charge in [0.1, 0.15) is 0 Å². The average Bonchev–Trinajstić information content (AvgIpc) is 2.57. The molecule has 0 radical (unpaired) electrons. The molecule has 1 saturated carbocycles. The van der Waals surface area contributed by atoms with Gasteiger partial charge in [0.15, 0.2) is 5.13 Å². The highest BCUT2D eigenvalue weighted by Crippen LogP contribution is 2.68. The molecule has 3 nitrogen and oxygen atoms in total. The molecule has 17 heavy (non-hydrogen) atoms. The van der Waals surface area contributed by atoms with E-state index in [9.17, 15) is 4.79 Å². The Kier molecular flexibility index (Phi) is 2.81. The fraction of sp³-hybridized carbons (Fsp3) is 0.692. The minimum atomic E-state index is 0.0852. The number of rotatable bonds is 3. The lowest BCUT2D eigenvalue weighted by Gasteiger charge is -2.03. The predicted molar refractivity (Wildman–Crippen MR) is 71.2 cm³/mol. The van der Waals surface area contributed by atoms with E-state index in [1.165, 1.54) is 4.88 Å². The van der Waals surface area contributed by atoms with Crippen LogP contribution < -0.4 is 5.32 Å². The monoisotopic (exact) mass is 252 g/mol. The number of aromatic nitrogens is 1. The Labute approximate surface area is 107 Å². The molecule has 0 unspecified atom stereocenters. The number of hydrogen-bond acceptors (Lipinski definition) is 3. The third-order valence-electron chi connectivity index (χ3n) is 4.42. The van der Waals surface area contributed by atoms with Gasteiger partial charge in [-0.2, -0.15) is 0 Å². The summed E-state index contributed by atoms with van der Waals surface area (Å²) in [4.78, 5) is 17.6. The Hall–Kier alpha value is -0.900. The van der Waals surface area contributed by atoms with E-state index < -0.39 is 0 Å². The second-order valence-corrected chi connectivity index (χ2v) is 6.97. The van der Waals surface area contributed by atoms with Crippen LogP contribution in [0, 0.1) is 16.7 Å². The van der Waals surface area contributed by atoms with Crippen molar-refractivity contribution in [2.75, 3.05) is 5.32 Å². The van der Waals surface area contributed by atoms with Gasteiger partial charge in [-0.25, -0.2) is 4.98 Å². The first-order chi connectivity index (χ1) is 7.80. The van der Waals surface area contributed by atoms with Crippen molar-refractivity contribution >= 4 is 22.4 Å². The molecule has 1 aliphatic rings. The number of amides is 1. The molecule has 0 bridgehead atoms. The van der Waals surface area contributed by atoms with E-state index in [1.54, 1.807) is 11.3 Å². The molecular formula is C13H20N2OS.